The van der Waals surface area contributed by atoms with Gasteiger partial charge in [0.05, 0.1) is 12.0 Å². The number of anilines is 2. The van der Waals surface area contributed by atoms with E-state index in [-0.39, 0.29) is 6.61 Å². The Bertz CT molecular complexity index is 767. The number of nitrogens with zero attached hydrogens (tertiary/aromatic N) is 4. The van der Waals surface area contributed by atoms with Crippen molar-refractivity contribution in [3.8, 4) is 0 Å². The van der Waals surface area contributed by atoms with Crippen molar-refractivity contribution in [1.82, 2.24) is 19.5 Å². The topological polar surface area (TPSA) is 75.9 Å². The number of fused-ring (bicyclic) bond motifs is 1. The molecule has 108 valence electrons. The van der Waals surface area contributed by atoms with Gasteiger partial charge in [0, 0.05) is 18.4 Å². The number of aromatic nitrogens is 4. The second kappa shape index (κ2) is 5.49. The molecular formula is C15H17N5O. The Morgan fingerprint density at radius 2 is 2.05 bits per heavy atom. The van der Waals surface area contributed by atoms with E-state index in [1.54, 1.807) is 6.20 Å². The summed E-state index contributed by atoms with van der Waals surface area (Å²) in [7, 11) is 0. The fourth-order valence-electron chi connectivity index (χ4n) is 2.49. The van der Waals surface area contributed by atoms with Crippen LogP contribution in [-0.4, -0.2) is 31.2 Å². The summed E-state index contributed by atoms with van der Waals surface area (Å²) in [4.78, 5) is 13.0. The van der Waals surface area contributed by atoms with E-state index in [0.717, 1.165) is 33.9 Å². The summed E-state index contributed by atoms with van der Waals surface area (Å²) in [6.07, 6.45) is 3.26. The van der Waals surface area contributed by atoms with Gasteiger partial charge < -0.3 is 15.0 Å². The quantitative estimate of drug-likeness (QED) is 0.767. The molecule has 3 heterocycles. The Kier molecular flexibility index (Phi) is 3.53. The van der Waals surface area contributed by atoms with Gasteiger partial charge in [0.2, 0.25) is 0 Å². The fraction of sp³-hybridized carbons (Fsp3) is 0.267. The van der Waals surface area contributed by atoms with E-state index in [9.17, 15) is 5.11 Å². The van der Waals surface area contributed by atoms with Crippen molar-refractivity contribution in [3.63, 3.8) is 0 Å². The van der Waals surface area contributed by atoms with Crippen molar-refractivity contribution in [2.75, 3.05) is 11.9 Å². The van der Waals surface area contributed by atoms with E-state index in [1.807, 2.05) is 36.6 Å². The first-order valence-electron chi connectivity index (χ1n) is 6.81. The largest absolute Gasteiger partial charge is 0.395 e. The molecule has 0 saturated carbocycles. The van der Waals surface area contributed by atoms with E-state index in [2.05, 4.69) is 20.3 Å². The van der Waals surface area contributed by atoms with E-state index < -0.39 is 0 Å². The third kappa shape index (κ3) is 2.34. The summed E-state index contributed by atoms with van der Waals surface area (Å²) in [5.41, 5.74) is 3.02. The van der Waals surface area contributed by atoms with Gasteiger partial charge in [-0.3, -0.25) is 0 Å². The monoisotopic (exact) mass is 283 g/mol. The van der Waals surface area contributed by atoms with E-state index in [1.165, 1.54) is 6.33 Å². The number of aliphatic hydroxyl groups excluding tert-OH is 1. The highest BCUT2D eigenvalue weighted by molar-refractivity contribution is 5.93. The van der Waals surface area contributed by atoms with Crippen LogP contribution in [0.5, 0.6) is 0 Å². The predicted molar refractivity (Wildman–Crippen MR) is 81.6 cm³/mol. The highest BCUT2D eigenvalue weighted by Gasteiger charge is 2.16. The summed E-state index contributed by atoms with van der Waals surface area (Å²) >= 11 is 0. The van der Waals surface area contributed by atoms with Crippen LogP contribution in [0.2, 0.25) is 0 Å². The van der Waals surface area contributed by atoms with Crippen LogP contribution in [0.25, 0.3) is 11.0 Å². The smallest absolute Gasteiger partial charge is 0.146 e. The van der Waals surface area contributed by atoms with Gasteiger partial charge in [-0.15, -0.1) is 0 Å². The van der Waals surface area contributed by atoms with Crippen LogP contribution in [-0.2, 0) is 6.54 Å². The highest BCUT2D eigenvalue weighted by atomic mass is 16.3. The van der Waals surface area contributed by atoms with Crippen LogP contribution in [0, 0.1) is 13.8 Å². The second-order valence-electron chi connectivity index (χ2n) is 4.85. The van der Waals surface area contributed by atoms with Gasteiger partial charge in [-0.1, -0.05) is 6.07 Å². The zero-order chi connectivity index (χ0) is 14.8. The first-order valence-corrected chi connectivity index (χ1v) is 6.81. The molecule has 0 saturated heterocycles. The highest BCUT2D eigenvalue weighted by Crippen LogP contribution is 2.29. The summed E-state index contributed by atoms with van der Waals surface area (Å²) in [5, 5.41) is 13.4. The molecule has 21 heavy (non-hydrogen) atoms. The zero-order valence-corrected chi connectivity index (χ0v) is 12.0. The van der Waals surface area contributed by atoms with Gasteiger partial charge >= 0.3 is 0 Å². The average molecular weight is 283 g/mol. The number of hydrogen-bond acceptors (Lipinski definition) is 5. The lowest BCUT2D eigenvalue weighted by atomic mass is 10.2. The third-order valence-corrected chi connectivity index (χ3v) is 3.64. The summed E-state index contributed by atoms with van der Waals surface area (Å²) < 4.78 is 2.01. The van der Waals surface area contributed by atoms with Gasteiger partial charge in [0.1, 0.15) is 23.6 Å². The molecule has 3 aromatic rings. The lowest BCUT2D eigenvalue weighted by Gasteiger charge is -2.07. The molecular weight excluding hydrogens is 266 g/mol. The minimum Gasteiger partial charge on any atom is -0.395 e. The summed E-state index contributed by atoms with van der Waals surface area (Å²) in [6, 6.07) is 5.68. The molecule has 0 bridgehead atoms. The zero-order valence-electron chi connectivity index (χ0n) is 12.0. The lowest BCUT2D eigenvalue weighted by Crippen LogP contribution is -2.05. The number of aryl methyl sites for hydroxylation is 1. The second-order valence-corrected chi connectivity index (χ2v) is 4.85. The van der Waals surface area contributed by atoms with Gasteiger partial charge in [0.25, 0.3) is 0 Å². The molecule has 0 aliphatic rings. The molecule has 3 aromatic heterocycles. The Morgan fingerprint density at radius 3 is 2.76 bits per heavy atom. The van der Waals surface area contributed by atoms with Crippen molar-refractivity contribution in [2.24, 2.45) is 0 Å². The van der Waals surface area contributed by atoms with Gasteiger partial charge in [-0.25, -0.2) is 15.0 Å². The summed E-state index contributed by atoms with van der Waals surface area (Å²) in [6.45, 7) is 4.67. The van der Waals surface area contributed by atoms with Crippen molar-refractivity contribution in [1.29, 1.82) is 0 Å². The lowest BCUT2D eigenvalue weighted by molar-refractivity contribution is 0.276. The van der Waals surface area contributed by atoms with Crippen LogP contribution in [0.3, 0.4) is 0 Å². The molecule has 0 spiro atoms. The SMILES string of the molecule is Cc1c(C)n(CCO)c2ncnc(Nc3ccccn3)c12. The van der Waals surface area contributed by atoms with Crippen LogP contribution < -0.4 is 5.32 Å². The van der Waals surface area contributed by atoms with Crippen molar-refractivity contribution >= 4 is 22.7 Å². The molecule has 0 aliphatic carbocycles. The number of aliphatic hydroxyl groups is 1. The maximum absolute atomic E-state index is 9.23. The Morgan fingerprint density at radius 1 is 1.19 bits per heavy atom. The minimum absolute atomic E-state index is 0.0804. The van der Waals surface area contributed by atoms with Crippen LogP contribution in [0.4, 0.5) is 11.6 Å². The maximum Gasteiger partial charge on any atom is 0.146 e. The molecule has 6 heteroatoms. The van der Waals surface area contributed by atoms with E-state index in [0.29, 0.717) is 6.54 Å². The van der Waals surface area contributed by atoms with Crippen LogP contribution in [0.15, 0.2) is 30.7 Å². The average Bonchev–Trinajstić information content (AvgIpc) is 2.75. The molecule has 0 radical (unpaired) electrons. The molecule has 2 N–H and O–H groups in total. The third-order valence-electron chi connectivity index (χ3n) is 3.64. The molecule has 0 fully saturated rings. The predicted octanol–water partition coefficient (Wildman–Crippen LogP) is 2.18. The molecule has 0 aromatic carbocycles. The Labute approximate surface area is 122 Å². The van der Waals surface area contributed by atoms with Gasteiger partial charge in [-0.2, -0.15) is 0 Å². The van der Waals surface area contributed by atoms with E-state index in [4.69, 9.17) is 0 Å². The van der Waals surface area contributed by atoms with E-state index >= 15 is 0 Å². The first kappa shape index (κ1) is 13.5. The molecule has 0 aliphatic heterocycles. The summed E-state index contributed by atoms with van der Waals surface area (Å²) in [5.74, 6) is 1.47. The van der Waals surface area contributed by atoms with Crippen LogP contribution in [0.1, 0.15) is 11.3 Å². The first-order chi connectivity index (χ1) is 10.2. The Hall–Kier alpha value is -2.47. The normalized spacial score (nSPS) is 11.0. The van der Waals surface area contributed by atoms with Crippen LogP contribution >= 0.6 is 0 Å². The standard InChI is InChI=1S/C15H17N5O/c1-10-11(2)20(7-8-21)15-13(10)14(17-9-18-15)19-12-5-3-4-6-16-12/h3-6,9,21H,7-8H2,1-2H3,(H,16,17,18,19). The number of nitrogens with one attached hydrogen (secondary N) is 1. The molecule has 6 nitrogen and oxygen atoms in total. The number of hydrogen-bond donors (Lipinski definition) is 2. The molecule has 0 amide bonds. The minimum atomic E-state index is 0.0804. The van der Waals surface area contributed by atoms with Gasteiger partial charge in [-0.05, 0) is 31.5 Å². The molecule has 3 rings (SSSR count). The van der Waals surface area contributed by atoms with Crippen molar-refractivity contribution < 1.29 is 5.11 Å². The van der Waals surface area contributed by atoms with Crippen molar-refractivity contribution in [3.05, 3.63) is 42.0 Å². The Balaban J connectivity index is 2.14. The number of pyridine rings is 1. The fourth-order valence-corrected chi connectivity index (χ4v) is 2.49. The van der Waals surface area contributed by atoms with Gasteiger partial charge in [0.15, 0.2) is 0 Å². The molecule has 0 atom stereocenters. The van der Waals surface area contributed by atoms with Crippen molar-refractivity contribution in [2.45, 2.75) is 20.4 Å². The molecule has 0 unspecified atom stereocenters. The maximum atomic E-state index is 9.23. The number of rotatable bonds is 4.